The predicted octanol–water partition coefficient (Wildman–Crippen LogP) is 3.24. The minimum atomic E-state index is -0.357. The first kappa shape index (κ1) is 21.5. The van der Waals surface area contributed by atoms with Crippen LogP contribution in [0.15, 0.2) is 95.0 Å². The minimum Gasteiger partial charge on any atom is -0.508 e. The summed E-state index contributed by atoms with van der Waals surface area (Å²) in [5.41, 5.74) is 4.55. The van der Waals surface area contributed by atoms with Crippen molar-refractivity contribution in [1.82, 2.24) is 10.7 Å². The van der Waals surface area contributed by atoms with E-state index in [2.05, 4.69) is 22.3 Å². The fourth-order valence-corrected chi connectivity index (χ4v) is 2.31. The van der Waals surface area contributed by atoms with Gasteiger partial charge in [-0.2, -0.15) is 5.10 Å². The van der Waals surface area contributed by atoms with E-state index in [4.69, 9.17) is 10.4 Å². The van der Waals surface area contributed by atoms with Crippen molar-refractivity contribution >= 4 is 5.71 Å². The molecule has 0 saturated carbocycles. The molecule has 0 radical (unpaired) electrons. The number of hydrazone groups is 1. The lowest BCUT2D eigenvalue weighted by Gasteiger charge is -2.11. The molecular weight excluding hydrogens is 376 g/mol. The minimum absolute atomic E-state index is 0.0898. The van der Waals surface area contributed by atoms with Crippen molar-refractivity contribution in [2.45, 2.75) is 0 Å². The number of nitrogens with one attached hydrogen (secondary N) is 1. The van der Waals surface area contributed by atoms with Gasteiger partial charge in [0.2, 0.25) is 0 Å². The molecule has 9 nitrogen and oxygen atoms in total. The zero-order valence-electron chi connectivity index (χ0n) is 15.3. The highest BCUT2D eigenvalue weighted by Gasteiger charge is 2.10. The van der Waals surface area contributed by atoms with Crippen LogP contribution in [0.2, 0.25) is 0 Å². The van der Waals surface area contributed by atoms with Crippen LogP contribution >= 0.6 is 0 Å². The van der Waals surface area contributed by atoms with Crippen LogP contribution in [0.25, 0.3) is 0 Å². The van der Waals surface area contributed by atoms with Gasteiger partial charge in [-0.15, -0.1) is 4.91 Å². The molecule has 0 aliphatic heterocycles. The molecule has 0 amide bonds. The molecule has 0 bridgehead atoms. The maximum atomic E-state index is 11.2. The van der Waals surface area contributed by atoms with E-state index >= 15 is 0 Å². The summed E-state index contributed by atoms with van der Waals surface area (Å²) in [5.74, 6) is 0.180. The Morgan fingerprint density at radius 3 is 1.93 bits per heavy atom. The fraction of sp³-hybridized carbons (Fsp3) is 0.0500. The van der Waals surface area contributed by atoms with Crippen LogP contribution < -0.4 is 5.43 Å². The summed E-state index contributed by atoms with van der Waals surface area (Å²) in [6.07, 6.45) is 4.04. The van der Waals surface area contributed by atoms with Gasteiger partial charge in [0.1, 0.15) is 17.2 Å². The van der Waals surface area contributed by atoms with E-state index in [1.54, 1.807) is 24.3 Å². The molecule has 0 aliphatic carbocycles. The third kappa shape index (κ3) is 6.40. The van der Waals surface area contributed by atoms with Gasteiger partial charge in [0.15, 0.2) is 0 Å². The molecule has 0 aromatic heterocycles. The average molecular weight is 396 g/mol. The van der Waals surface area contributed by atoms with Crippen molar-refractivity contribution in [3.8, 4) is 11.5 Å². The molecule has 2 rings (SSSR count). The van der Waals surface area contributed by atoms with Crippen molar-refractivity contribution in [2.24, 2.45) is 10.3 Å². The molecule has 5 N–H and O–H groups in total. The Balaban J connectivity index is 2.45. The standard InChI is InChI=1S/C20H20N4O5/c1-2-3-18(19(23-27)12-13-24(28)29)21-22-20(14-4-8-16(25)9-5-14)15-6-10-17(26)11-7-15/h2-12,21,25-26,28-29H,1,13H2/b18-3+,19-12+. The van der Waals surface area contributed by atoms with E-state index in [1.165, 1.54) is 42.5 Å². The van der Waals surface area contributed by atoms with E-state index in [-0.39, 0.29) is 34.7 Å². The Bertz CT molecular complexity index is 885. The Kier molecular flexibility index (Phi) is 7.80. The Morgan fingerprint density at radius 1 is 1.00 bits per heavy atom. The number of benzene rings is 2. The second-order valence-electron chi connectivity index (χ2n) is 5.72. The first-order chi connectivity index (χ1) is 13.9. The highest BCUT2D eigenvalue weighted by molar-refractivity contribution is 6.12. The first-order valence-electron chi connectivity index (χ1n) is 8.39. The molecule has 0 unspecified atom stereocenters. The van der Waals surface area contributed by atoms with E-state index < -0.39 is 0 Å². The van der Waals surface area contributed by atoms with Crippen molar-refractivity contribution < 1.29 is 20.6 Å². The predicted molar refractivity (Wildman–Crippen MR) is 107 cm³/mol. The number of allylic oxidation sites excluding steroid dienone is 2. The molecule has 2 aromatic carbocycles. The molecular formula is C20H20N4O5. The number of rotatable bonds is 9. The Morgan fingerprint density at radius 2 is 1.52 bits per heavy atom. The van der Waals surface area contributed by atoms with Gasteiger partial charge in [0.25, 0.3) is 0 Å². The number of nitrogens with zero attached hydrogens (tertiary/aromatic N) is 3. The van der Waals surface area contributed by atoms with Gasteiger partial charge < -0.3 is 10.2 Å². The van der Waals surface area contributed by atoms with Gasteiger partial charge in [-0.1, -0.05) is 17.9 Å². The van der Waals surface area contributed by atoms with Crippen molar-refractivity contribution in [3.63, 3.8) is 0 Å². The second-order valence-corrected chi connectivity index (χ2v) is 5.72. The van der Waals surface area contributed by atoms with Gasteiger partial charge in [0, 0.05) is 11.1 Å². The number of aromatic hydroxyl groups is 2. The maximum absolute atomic E-state index is 11.2. The third-order valence-electron chi connectivity index (χ3n) is 3.68. The molecule has 0 saturated heterocycles. The topological polar surface area (TPSA) is 138 Å². The van der Waals surface area contributed by atoms with Gasteiger partial charge in [-0.3, -0.25) is 15.8 Å². The van der Waals surface area contributed by atoms with E-state index in [0.717, 1.165) is 0 Å². The molecule has 29 heavy (non-hydrogen) atoms. The van der Waals surface area contributed by atoms with Gasteiger partial charge in [0.05, 0.1) is 18.0 Å². The summed E-state index contributed by atoms with van der Waals surface area (Å²) in [5, 5.41) is 43.9. The van der Waals surface area contributed by atoms with Gasteiger partial charge in [-0.25, -0.2) is 0 Å². The van der Waals surface area contributed by atoms with Crippen LogP contribution in [-0.4, -0.2) is 38.1 Å². The van der Waals surface area contributed by atoms with E-state index in [0.29, 0.717) is 16.8 Å². The molecule has 0 heterocycles. The zero-order valence-corrected chi connectivity index (χ0v) is 15.3. The summed E-state index contributed by atoms with van der Waals surface area (Å²) < 4.78 is 0. The largest absolute Gasteiger partial charge is 0.508 e. The molecule has 0 atom stereocenters. The lowest BCUT2D eigenvalue weighted by Crippen LogP contribution is -2.16. The summed E-state index contributed by atoms with van der Waals surface area (Å²) in [7, 11) is 0. The third-order valence-corrected chi connectivity index (χ3v) is 3.68. The monoisotopic (exact) mass is 396 g/mol. The lowest BCUT2D eigenvalue weighted by molar-refractivity contribution is -0.299. The molecule has 150 valence electrons. The fourth-order valence-electron chi connectivity index (χ4n) is 2.31. The number of nitroso groups, excluding NO2 is 1. The van der Waals surface area contributed by atoms with Gasteiger partial charge >= 0.3 is 0 Å². The van der Waals surface area contributed by atoms with Crippen LogP contribution in [0.5, 0.6) is 11.5 Å². The quantitative estimate of drug-likeness (QED) is 0.190. The highest BCUT2D eigenvalue weighted by atomic mass is 16.8. The lowest BCUT2D eigenvalue weighted by atomic mass is 10.0. The summed E-state index contributed by atoms with van der Waals surface area (Å²) >= 11 is 0. The van der Waals surface area contributed by atoms with Crippen molar-refractivity contribution in [3.05, 3.63) is 101 Å². The van der Waals surface area contributed by atoms with Crippen LogP contribution in [0.1, 0.15) is 11.1 Å². The average Bonchev–Trinajstić information content (AvgIpc) is 2.70. The number of hydrogen-bond acceptors (Lipinski definition) is 9. The first-order valence-corrected chi connectivity index (χ1v) is 8.39. The molecule has 9 heteroatoms. The van der Waals surface area contributed by atoms with Gasteiger partial charge in [-0.05, 0) is 65.9 Å². The number of phenolic OH excluding ortho intramolecular Hbond substituents is 2. The normalized spacial score (nSPS) is 11.8. The van der Waals surface area contributed by atoms with E-state index in [1.807, 2.05) is 0 Å². The number of phenols is 2. The van der Waals surface area contributed by atoms with E-state index in [9.17, 15) is 15.1 Å². The SMILES string of the molecule is C=C/C=C(NN=C(c1ccc(O)cc1)c1ccc(O)cc1)\C(=C/CN(O)O)N=O. The van der Waals surface area contributed by atoms with Crippen LogP contribution in [-0.2, 0) is 0 Å². The molecule has 0 spiro atoms. The molecule has 2 aromatic rings. The second kappa shape index (κ2) is 10.5. The maximum Gasteiger partial charge on any atom is 0.130 e. The summed E-state index contributed by atoms with van der Waals surface area (Å²) in [6.45, 7) is 3.22. The number of hydrogen-bond donors (Lipinski definition) is 5. The summed E-state index contributed by atoms with van der Waals surface area (Å²) in [6, 6.07) is 12.6. The molecule has 0 fully saturated rings. The van der Waals surface area contributed by atoms with Crippen LogP contribution in [0.4, 0.5) is 0 Å². The molecule has 0 aliphatic rings. The Hall–Kier alpha value is -3.79. The van der Waals surface area contributed by atoms with Crippen molar-refractivity contribution in [1.29, 1.82) is 0 Å². The van der Waals surface area contributed by atoms with Crippen molar-refractivity contribution in [2.75, 3.05) is 6.54 Å². The highest BCUT2D eigenvalue weighted by Crippen LogP contribution is 2.18. The zero-order chi connectivity index (χ0) is 21.2. The van der Waals surface area contributed by atoms with Crippen LogP contribution in [0.3, 0.4) is 0 Å². The number of hydroxylamine groups is 2. The summed E-state index contributed by atoms with van der Waals surface area (Å²) in [4.78, 5) is 11.2. The van der Waals surface area contributed by atoms with Crippen LogP contribution in [0, 0.1) is 4.91 Å². The smallest absolute Gasteiger partial charge is 0.130 e. The Labute approximate surface area is 166 Å².